The van der Waals surface area contributed by atoms with Crippen LogP contribution in [0.3, 0.4) is 0 Å². The van der Waals surface area contributed by atoms with Crippen molar-refractivity contribution in [1.82, 2.24) is 0 Å². The Bertz CT molecular complexity index is 473. The van der Waals surface area contributed by atoms with Gasteiger partial charge in [-0.3, -0.25) is 0 Å². The Morgan fingerprint density at radius 3 is 2.41 bits per heavy atom. The molecule has 0 amide bonds. The molecule has 90 valence electrons. The molecule has 1 atom stereocenters. The van der Waals surface area contributed by atoms with E-state index in [-0.39, 0.29) is 0 Å². The van der Waals surface area contributed by atoms with E-state index in [0.717, 1.165) is 17.3 Å². The molecule has 1 aromatic carbocycles. The van der Waals surface area contributed by atoms with Crippen molar-refractivity contribution in [1.29, 1.82) is 0 Å². The van der Waals surface area contributed by atoms with Crippen LogP contribution >= 0.6 is 43.2 Å². The van der Waals surface area contributed by atoms with Crippen molar-refractivity contribution in [3.8, 4) is 0 Å². The summed E-state index contributed by atoms with van der Waals surface area (Å²) in [5.74, 6) is 0. The monoisotopic (exact) mass is 372 g/mol. The zero-order chi connectivity index (χ0) is 12.3. The quantitative estimate of drug-likeness (QED) is 0.598. The van der Waals surface area contributed by atoms with Gasteiger partial charge in [-0.25, -0.2) is 0 Å². The van der Waals surface area contributed by atoms with E-state index in [1.54, 1.807) is 0 Å². The standard InChI is InChI=1S/C14H14Br2S/c1-2-12-7-8-14(17-12)13(16)9-10-3-5-11(15)6-4-10/h3-8,13H,2,9H2,1H3. The van der Waals surface area contributed by atoms with Crippen molar-refractivity contribution in [3.63, 3.8) is 0 Å². The molecule has 3 heteroatoms. The lowest BCUT2D eigenvalue weighted by atomic mass is 10.1. The Labute approximate surface area is 123 Å². The molecular formula is C14H14Br2S. The number of benzene rings is 1. The van der Waals surface area contributed by atoms with Gasteiger partial charge < -0.3 is 0 Å². The van der Waals surface area contributed by atoms with Gasteiger partial charge in [-0.15, -0.1) is 11.3 Å². The summed E-state index contributed by atoms with van der Waals surface area (Å²) < 4.78 is 1.14. The summed E-state index contributed by atoms with van der Waals surface area (Å²) in [6.45, 7) is 2.20. The summed E-state index contributed by atoms with van der Waals surface area (Å²) in [7, 11) is 0. The number of hydrogen-bond donors (Lipinski definition) is 0. The zero-order valence-corrected chi connectivity index (χ0v) is 13.6. The molecule has 0 aliphatic heterocycles. The molecule has 2 aromatic rings. The number of hydrogen-bond acceptors (Lipinski definition) is 1. The average Bonchev–Trinajstić information content (AvgIpc) is 2.81. The highest BCUT2D eigenvalue weighted by Crippen LogP contribution is 2.32. The minimum atomic E-state index is 0.425. The van der Waals surface area contributed by atoms with E-state index < -0.39 is 0 Å². The smallest absolute Gasteiger partial charge is 0.0529 e. The molecular weight excluding hydrogens is 360 g/mol. The first-order chi connectivity index (χ1) is 8.19. The lowest BCUT2D eigenvalue weighted by Crippen LogP contribution is -1.92. The van der Waals surface area contributed by atoms with Crippen LogP contribution in [0, 0.1) is 0 Å². The maximum Gasteiger partial charge on any atom is 0.0529 e. The first-order valence-electron chi connectivity index (χ1n) is 5.66. The van der Waals surface area contributed by atoms with Crippen molar-refractivity contribution in [2.24, 2.45) is 0 Å². The molecule has 1 aromatic heterocycles. The molecule has 0 saturated heterocycles. The normalized spacial score (nSPS) is 12.6. The van der Waals surface area contributed by atoms with Crippen LogP contribution in [-0.2, 0) is 12.8 Å². The van der Waals surface area contributed by atoms with Gasteiger partial charge in [0.2, 0.25) is 0 Å². The van der Waals surface area contributed by atoms with Crippen LogP contribution in [0.2, 0.25) is 0 Å². The van der Waals surface area contributed by atoms with Gasteiger partial charge in [0.05, 0.1) is 4.83 Å². The Hall–Kier alpha value is -0.120. The average molecular weight is 374 g/mol. The van der Waals surface area contributed by atoms with Crippen LogP contribution in [0.15, 0.2) is 40.9 Å². The topological polar surface area (TPSA) is 0 Å². The molecule has 0 saturated carbocycles. The summed E-state index contributed by atoms with van der Waals surface area (Å²) in [4.78, 5) is 3.30. The number of halogens is 2. The summed E-state index contributed by atoms with van der Waals surface area (Å²) >= 11 is 9.15. The van der Waals surface area contributed by atoms with Crippen LogP contribution in [0.1, 0.15) is 27.1 Å². The van der Waals surface area contributed by atoms with Gasteiger partial charge in [-0.05, 0) is 42.7 Å². The lowest BCUT2D eigenvalue weighted by Gasteiger charge is -2.07. The lowest BCUT2D eigenvalue weighted by molar-refractivity contribution is 0.969. The van der Waals surface area contributed by atoms with Gasteiger partial charge >= 0.3 is 0 Å². The molecule has 17 heavy (non-hydrogen) atoms. The Balaban J connectivity index is 2.05. The molecule has 0 aliphatic rings. The Morgan fingerprint density at radius 1 is 1.12 bits per heavy atom. The molecule has 0 nitrogen and oxygen atoms in total. The predicted octanol–water partition coefficient (Wildman–Crippen LogP) is 5.75. The molecule has 0 N–H and O–H groups in total. The van der Waals surface area contributed by atoms with Crippen LogP contribution in [0.5, 0.6) is 0 Å². The van der Waals surface area contributed by atoms with Crippen molar-refractivity contribution in [2.45, 2.75) is 24.6 Å². The van der Waals surface area contributed by atoms with Crippen LogP contribution in [0.25, 0.3) is 0 Å². The van der Waals surface area contributed by atoms with Crippen LogP contribution in [-0.4, -0.2) is 0 Å². The van der Waals surface area contributed by atoms with Gasteiger partial charge in [0.25, 0.3) is 0 Å². The fourth-order valence-corrected chi connectivity index (χ4v) is 3.68. The maximum atomic E-state index is 3.78. The van der Waals surface area contributed by atoms with Gasteiger partial charge in [0, 0.05) is 14.2 Å². The summed E-state index contributed by atoms with van der Waals surface area (Å²) in [5.41, 5.74) is 1.36. The van der Waals surface area contributed by atoms with E-state index in [4.69, 9.17) is 0 Å². The minimum absolute atomic E-state index is 0.425. The third kappa shape index (κ3) is 3.67. The molecule has 1 heterocycles. The highest BCUT2D eigenvalue weighted by atomic mass is 79.9. The van der Waals surface area contributed by atoms with Crippen molar-refractivity contribution < 1.29 is 0 Å². The van der Waals surface area contributed by atoms with Crippen molar-refractivity contribution >= 4 is 43.2 Å². The van der Waals surface area contributed by atoms with E-state index in [1.165, 1.54) is 15.3 Å². The highest BCUT2D eigenvalue weighted by molar-refractivity contribution is 9.10. The van der Waals surface area contributed by atoms with Crippen molar-refractivity contribution in [3.05, 3.63) is 56.2 Å². The maximum absolute atomic E-state index is 3.78. The summed E-state index contributed by atoms with van der Waals surface area (Å²) in [6.07, 6.45) is 2.17. The molecule has 0 spiro atoms. The number of alkyl halides is 1. The fourth-order valence-electron chi connectivity index (χ4n) is 1.68. The second kappa shape index (κ2) is 6.17. The fraction of sp³-hybridized carbons (Fsp3) is 0.286. The van der Waals surface area contributed by atoms with E-state index in [0.29, 0.717) is 4.83 Å². The molecule has 2 rings (SSSR count). The van der Waals surface area contributed by atoms with E-state index in [1.807, 2.05) is 11.3 Å². The number of aryl methyl sites for hydroxylation is 1. The Kier molecular flexibility index (Phi) is 4.83. The van der Waals surface area contributed by atoms with Gasteiger partial charge in [-0.1, -0.05) is 50.9 Å². The number of rotatable bonds is 4. The second-order valence-corrected chi connectivity index (χ2v) is 7.18. The second-order valence-electron chi connectivity index (χ2n) is 3.96. The van der Waals surface area contributed by atoms with Gasteiger partial charge in [-0.2, -0.15) is 0 Å². The van der Waals surface area contributed by atoms with E-state index in [9.17, 15) is 0 Å². The molecule has 0 fully saturated rings. The first-order valence-corrected chi connectivity index (χ1v) is 8.18. The van der Waals surface area contributed by atoms with E-state index in [2.05, 4.69) is 75.2 Å². The van der Waals surface area contributed by atoms with Gasteiger partial charge in [0.1, 0.15) is 0 Å². The third-order valence-corrected chi connectivity index (χ3v) is 5.66. The Morgan fingerprint density at radius 2 is 1.82 bits per heavy atom. The first kappa shape index (κ1) is 13.3. The molecule has 0 bridgehead atoms. The third-order valence-electron chi connectivity index (χ3n) is 2.67. The predicted molar refractivity (Wildman–Crippen MR) is 83.2 cm³/mol. The SMILES string of the molecule is CCc1ccc(C(Br)Cc2ccc(Br)cc2)s1. The molecule has 0 radical (unpaired) electrons. The number of thiophene rings is 1. The molecule has 0 aliphatic carbocycles. The van der Waals surface area contributed by atoms with Crippen LogP contribution < -0.4 is 0 Å². The zero-order valence-electron chi connectivity index (χ0n) is 9.62. The van der Waals surface area contributed by atoms with E-state index >= 15 is 0 Å². The minimum Gasteiger partial charge on any atom is -0.144 e. The van der Waals surface area contributed by atoms with Gasteiger partial charge in [0.15, 0.2) is 0 Å². The summed E-state index contributed by atoms with van der Waals surface area (Å²) in [6, 6.07) is 13.0. The van der Waals surface area contributed by atoms with Crippen LogP contribution in [0.4, 0.5) is 0 Å². The highest BCUT2D eigenvalue weighted by Gasteiger charge is 2.10. The summed E-state index contributed by atoms with van der Waals surface area (Å²) in [5, 5.41) is 0. The largest absolute Gasteiger partial charge is 0.144 e. The van der Waals surface area contributed by atoms with Crippen molar-refractivity contribution in [2.75, 3.05) is 0 Å². The molecule has 1 unspecified atom stereocenters.